The lowest BCUT2D eigenvalue weighted by molar-refractivity contribution is 0.672. The van der Waals surface area contributed by atoms with E-state index in [2.05, 4.69) is 211 Å². The van der Waals surface area contributed by atoms with E-state index in [-0.39, 0.29) is 0 Å². The third-order valence-electron chi connectivity index (χ3n) is 14.1. The van der Waals surface area contributed by atoms with Crippen LogP contribution < -0.4 is 0 Å². The predicted octanol–water partition coefficient (Wildman–Crippen LogP) is 18.2. The summed E-state index contributed by atoms with van der Waals surface area (Å²) >= 11 is 1.90. The van der Waals surface area contributed by atoms with E-state index in [1.165, 1.54) is 113 Å². The Bertz CT molecular complexity index is 4510. The molecule has 0 atom stereocenters. The molecule has 0 amide bonds. The van der Waals surface area contributed by atoms with Crippen LogP contribution in [-0.4, -0.2) is 4.57 Å². The summed E-state index contributed by atoms with van der Waals surface area (Å²) in [5.41, 5.74) is 10.4. The Labute approximate surface area is 376 Å². The molecule has 15 rings (SSSR count). The highest BCUT2D eigenvalue weighted by atomic mass is 32.1. The van der Waals surface area contributed by atoms with Gasteiger partial charge in [-0.1, -0.05) is 140 Å². The third kappa shape index (κ3) is 5.04. The molecule has 12 aromatic carbocycles. The van der Waals surface area contributed by atoms with Gasteiger partial charge in [0.05, 0.1) is 11.0 Å². The highest BCUT2D eigenvalue weighted by Gasteiger charge is 2.18. The molecular weight excluding hydrogens is 807 g/mol. The smallest absolute Gasteiger partial charge is 0.143 e. The van der Waals surface area contributed by atoms with E-state index < -0.39 is 0 Å². The number of para-hydroxylation sites is 2. The average molecular weight is 842 g/mol. The number of hydrogen-bond acceptors (Lipinski definition) is 2. The lowest BCUT2D eigenvalue weighted by Gasteiger charge is -2.12. The Morgan fingerprint density at radius 2 is 0.938 bits per heavy atom. The minimum Gasteiger partial charge on any atom is -0.455 e. The van der Waals surface area contributed by atoms with Gasteiger partial charge in [0, 0.05) is 52.8 Å². The molecule has 0 aliphatic rings. The zero-order chi connectivity index (χ0) is 42.3. The number of furan rings is 1. The zero-order valence-electron chi connectivity index (χ0n) is 35.0. The molecule has 3 heteroatoms. The molecule has 0 saturated heterocycles. The maximum atomic E-state index is 6.42. The van der Waals surface area contributed by atoms with Gasteiger partial charge in [0.25, 0.3) is 0 Å². The standard InChI is InChI=1S/C62H35NOS/c1-2-12-46-44(10-1)45-11-3-4-13-47(45)54-35-40(21-26-48(46)54)43-16-9-17-52-56-34-37(24-29-60(56)65-62(43)52)36-23-28-58-55(33-36)49-14-5-7-18-57(49)63(58)42-25-20-38-32-53-39(30-41(38)31-42)22-27-51-50-15-6-8-19-59(50)64-61(51)53/h1-35H. The highest BCUT2D eigenvalue weighted by molar-refractivity contribution is 7.26. The first-order valence-electron chi connectivity index (χ1n) is 22.3. The Kier molecular flexibility index (Phi) is 7.13. The summed E-state index contributed by atoms with van der Waals surface area (Å²) in [6.45, 7) is 0. The summed E-state index contributed by atoms with van der Waals surface area (Å²) in [5.74, 6) is 0. The van der Waals surface area contributed by atoms with Gasteiger partial charge in [-0.15, -0.1) is 11.3 Å². The molecule has 3 heterocycles. The van der Waals surface area contributed by atoms with Crippen molar-refractivity contribution in [2.24, 2.45) is 0 Å². The van der Waals surface area contributed by atoms with Gasteiger partial charge in [-0.25, -0.2) is 0 Å². The van der Waals surface area contributed by atoms with Gasteiger partial charge >= 0.3 is 0 Å². The quantitative estimate of drug-likeness (QED) is 0.128. The number of aromatic nitrogens is 1. The van der Waals surface area contributed by atoms with Crippen LogP contribution in [-0.2, 0) is 0 Å². The molecule has 0 fully saturated rings. The van der Waals surface area contributed by atoms with E-state index >= 15 is 0 Å². The average Bonchev–Trinajstić information content (AvgIpc) is 4.05. The van der Waals surface area contributed by atoms with Crippen LogP contribution in [0.1, 0.15) is 0 Å². The summed E-state index contributed by atoms with van der Waals surface area (Å²) in [6, 6.07) is 78.6. The first-order valence-corrected chi connectivity index (χ1v) is 23.1. The van der Waals surface area contributed by atoms with Crippen molar-refractivity contribution >= 4 is 129 Å². The lowest BCUT2D eigenvalue weighted by Crippen LogP contribution is -1.94. The topological polar surface area (TPSA) is 18.1 Å². The highest BCUT2D eigenvalue weighted by Crippen LogP contribution is 2.45. The molecule has 0 saturated carbocycles. The molecule has 0 bridgehead atoms. The molecule has 0 unspecified atom stereocenters. The fourth-order valence-corrected chi connectivity index (χ4v) is 12.3. The van der Waals surface area contributed by atoms with Crippen molar-refractivity contribution in [3.05, 3.63) is 212 Å². The van der Waals surface area contributed by atoms with Crippen molar-refractivity contribution in [2.75, 3.05) is 0 Å². The van der Waals surface area contributed by atoms with Crippen LogP contribution in [0.5, 0.6) is 0 Å². The van der Waals surface area contributed by atoms with Crippen LogP contribution in [0.15, 0.2) is 217 Å². The summed E-state index contributed by atoms with van der Waals surface area (Å²) in [4.78, 5) is 0. The van der Waals surface area contributed by atoms with Crippen molar-refractivity contribution in [1.29, 1.82) is 0 Å². The maximum absolute atomic E-state index is 6.42. The van der Waals surface area contributed by atoms with Crippen LogP contribution in [0.25, 0.3) is 146 Å². The SMILES string of the molecule is c1ccc2c(c1)oc1c3cc4ccc(-n5c6ccccc6c6cc(-c7ccc8sc9c(-c%10ccc%11c%12ccccc%12c%12ccccc%12c%11c%10)cccc9c8c7)ccc65)cc4cc3ccc21. The van der Waals surface area contributed by atoms with Crippen molar-refractivity contribution in [3.8, 4) is 27.9 Å². The van der Waals surface area contributed by atoms with Gasteiger partial charge in [0.2, 0.25) is 0 Å². The van der Waals surface area contributed by atoms with E-state index in [0.717, 1.165) is 33.0 Å². The molecule has 3 aromatic heterocycles. The fraction of sp³-hybridized carbons (Fsp3) is 0. The number of hydrogen-bond donors (Lipinski definition) is 0. The van der Waals surface area contributed by atoms with E-state index in [4.69, 9.17) is 4.42 Å². The van der Waals surface area contributed by atoms with Gasteiger partial charge in [-0.2, -0.15) is 0 Å². The molecule has 0 aliphatic heterocycles. The van der Waals surface area contributed by atoms with E-state index in [1.54, 1.807) is 0 Å². The van der Waals surface area contributed by atoms with Crippen molar-refractivity contribution < 1.29 is 4.42 Å². The fourth-order valence-electron chi connectivity index (χ4n) is 11.1. The second-order valence-corrected chi connectivity index (χ2v) is 18.6. The van der Waals surface area contributed by atoms with Gasteiger partial charge in [0.15, 0.2) is 0 Å². The van der Waals surface area contributed by atoms with Crippen LogP contribution in [0, 0.1) is 0 Å². The number of benzene rings is 12. The number of fused-ring (bicyclic) bond motifs is 18. The first kappa shape index (κ1) is 35.2. The first-order chi connectivity index (χ1) is 32.2. The minimum atomic E-state index is 0.926. The molecule has 2 nitrogen and oxygen atoms in total. The van der Waals surface area contributed by atoms with Crippen molar-refractivity contribution in [2.45, 2.75) is 0 Å². The van der Waals surface area contributed by atoms with Gasteiger partial charge in [-0.05, 0) is 144 Å². The predicted molar refractivity (Wildman–Crippen MR) is 279 cm³/mol. The number of rotatable bonds is 3. The number of nitrogens with zero attached hydrogens (tertiary/aromatic N) is 1. The maximum Gasteiger partial charge on any atom is 0.143 e. The monoisotopic (exact) mass is 841 g/mol. The molecule has 0 aliphatic carbocycles. The van der Waals surface area contributed by atoms with Crippen LogP contribution in [0.3, 0.4) is 0 Å². The normalized spacial score (nSPS) is 12.3. The van der Waals surface area contributed by atoms with E-state index in [9.17, 15) is 0 Å². The Morgan fingerprint density at radius 1 is 0.323 bits per heavy atom. The third-order valence-corrected chi connectivity index (χ3v) is 15.3. The van der Waals surface area contributed by atoms with Crippen LogP contribution in [0.4, 0.5) is 0 Å². The van der Waals surface area contributed by atoms with E-state index in [0.29, 0.717) is 0 Å². The molecular formula is C62H35NOS. The van der Waals surface area contributed by atoms with Gasteiger partial charge in [0.1, 0.15) is 11.2 Å². The Morgan fingerprint density at radius 3 is 1.77 bits per heavy atom. The molecule has 0 N–H and O–H groups in total. The molecule has 0 spiro atoms. The molecule has 300 valence electrons. The lowest BCUT2D eigenvalue weighted by atomic mass is 9.92. The second kappa shape index (κ2) is 13.2. The summed E-state index contributed by atoms with van der Waals surface area (Å²) in [6.07, 6.45) is 0. The van der Waals surface area contributed by atoms with Crippen LogP contribution in [0.2, 0.25) is 0 Å². The minimum absolute atomic E-state index is 0.926. The molecule has 0 radical (unpaired) electrons. The number of thiophene rings is 1. The van der Waals surface area contributed by atoms with Crippen LogP contribution >= 0.6 is 11.3 Å². The Balaban J connectivity index is 0.842. The Hall–Kier alpha value is -8.24. The van der Waals surface area contributed by atoms with Gasteiger partial charge in [-0.3, -0.25) is 0 Å². The summed E-state index contributed by atoms with van der Waals surface area (Å²) in [5, 5.41) is 19.9. The zero-order valence-corrected chi connectivity index (χ0v) is 35.8. The van der Waals surface area contributed by atoms with E-state index in [1.807, 2.05) is 17.4 Å². The summed E-state index contributed by atoms with van der Waals surface area (Å²) < 4.78 is 11.5. The van der Waals surface area contributed by atoms with Crippen molar-refractivity contribution in [3.63, 3.8) is 0 Å². The second-order valence-electron chi connectivity index (χ2n) is 17.6. The van der Waals surface area contributed by atoms with Gasteiger partial charge < -0.3 is 8.98 Å². The summed E-state index contributed by atoms with van der Waals surface area (Å²) in [7, 11) is 0. The largest absolute Gasteiger partial charge is 0.455 e. The molecule has 15 aromatic rings. The molecule has 65 heavy (non-hydrogen) atoms. The van der Waals surface area contributed by atoms with Crippen molar-refractivity contribution in [1.82, 2.24) is 4.57 Å².